The van der Waals surface area contributed by atoms with Crippen LogP contribution in [-0.2, 0) is 11.2 Å². The Morgan fingerprint density at radius 3 is 2.77 bits per heavy atom. The first-order valence-corrected chi connectivity index (χ1v) is 11.1. The van der Waals surface area contributed by atoms with Crippen molar-refractivity contribution in [3.63, 3.8) is 0 Å². The van der Waals surface area contributed by atoms with Gasteiger partial charge >= 0.3 is 0 Å². The quantitative estimate of drug-likeness (QED) is 0.653. The van der Waals surface area contributed by atoms with Crippen molar-refractivity contribution in [3.8, 4) is 0 Å². The zero-order chi connectivity index (χ0) is 22.2. The van der Waals surface area contributed by atoms with Crippen molar-refractivity contribution in [1.29, 1.82) is 0 Å². The standard InChI is InChI=1S/C24H31FN4O2/c1-3-27-20-13-18(25)12-19-21(20)28-23(31)24(19,2)29-10-4-5-16(14-29)11-15-6-8-17(9-7-15)22(26)30/h6-9,13,16,19,27H,3-5,10-12,14H2,1-2H3,(H2,26,30)(H,28,31)/t16-,19?,24?/m0/s1. The number of carbonyl (C=O) groups excluding carboxylic acids is 2. The number of hydrogen-bond donors (Lipinski definition) is 3. The highest BCUT2D eigenvalue weighted by atomic mass is 19.1. The van der Waals surface area contributed by atoms with E-state index in [4.69, 9.17) is 5.73 Å². The van der Waals surface area contributed by atoms with Crippen molar-refractivity contribution >= 4 is 11.8 Å². The predicted octanol–water partition coefficient (Wildman–Crippen LogP) is 2.62. The second-order valence-electron chi connectivity index (χ2n) is 9.03. The Bertz CT molecular complexity index is 939. The highest BCUT2D eigenvalue weighted by Gasteiger charge is 2.55. The summed E-state index contributed by atoms with van der Waals surface area (Å²) in [5.74, 6) is -0.478. The second-order valence-corrected chi connectivity index (χ2v) is 9.03. The molecule has 6 nitrogen and oxygen atoms in total. The number of allylic oxidation sites excluding steroid dienone is 2. The molecule has 0 spiro atoms. The van der Waals surface area contributed by atoms with E-state index in [0.717, 1.165) is 43.6 Å². The molecule has 4 N–H and O–H groups in total. The third-order valence-corrected chi connectivity index (χ3v) is 7.03. The van der Waals surface area contributed by atoms with Crippen molar-refractivity contribution < 1.29 is 14.0 Å². The van der Waals surface area contributed by atoms with Crippen molar-refractivity contribution in [1.82, 2.24) is 15.5 Å². The fourth-order valence-electron chi connectivity index (χ4n) is 5.31. The summed E-state index contributed by atoms with van der Waals surface area (Å²) in [6, 6.07) is 7.43. The normalized spacial score (nSPS) is 28.7. The Kier molecular flexibility index (Phi) is 5.88. The van der Waals surface area contributed by atoms with Crippen molar-refractivity contribution in [2.75, 3.05) is 19.6 Å². The molecule has 0 saturated carbocycles. The zero-order valence-corrected chi connectivity index (χ0v) is 18.2. The highest BCUT2D eigenvalue weighted by Crippen LogP contribution is 2.44. The first-order valence-electron chi connectivity index (χ1n) is 11.1. The van der Waals surface area contributed by atoms with Gasteiger partial charge in [0, 0.05) is 36.7 Å². The maximum Gasteiger partial charge on any atom is 0.248 e. The SMILES string of the molecule is CCNC1=C2NC(=O)C(C)(N3CCC[C@@H](Cc4ccc(C(N)=O)cc4)C3)C2CC(F)=C1. The van der Waals surface area contributed by atoms with Crippen LogP contribution in [0.2, 0.25) is 0 Å². The molecule has 166 valence electrons. The Labute approximate surface area is 182 Å². The first kappa shape index (κ1) is 21.6. The number of rotatable bonds is 6. The van der Waals surface area contributed by atoms with Crippen LogP contribution in [0, 0.1) is 11.8 Å². The van der Waals surface area contributed by atoms with Crippen LogP contribution in [0.1, 0.15) is 49.0 Å². The van der Waals surface area contributed by atoms with Gasteiger partial charge in [0.15, 0.2) is 0 Å². The van der Waals surface area contributed by atoms with Gasteiger partial charge < -0.3 is 16.4 Å². The Morgan fingerprint density at radius 2 is 2.10 bits per heavy atom. The number of nitrogens with one attached hydrogen (secondary N) is 2. The molecule has 2 fully saturated rings. The second kappa shape index (κ2) is 8.46. The molecule has 0 aromatic heterocycles. The summed E-state index contributed by atoms with van der Waals surface area (Å²) in [5, 5.41) is 6.26. The molecule has 2 amide bonds. The van der Waals surface area contributed by atoms with E-state index in [1.165, 1.54) is 6.08 Å². The molecule has 2 heterocycles. The number of amides is 2. The lowest BCUT2D eigenvalue weighted by molar-refractivity contribution is -0.132. The summed E-state index contributed by atoms with van der Waals surface area (Å²) in [6.45, 7) is 6.21. The minimum atomic E-state index is -0.768. The molecule has 1 aromatic rings. The zero-order valence-electron chi connectivity index (χ0n) is 18.2. The van der Waals surface area contributed by atoms with Gasteiger partial charge in [-0.1, -0.05) is 12.1 Å². The van der Waals surface area contributed by atoms with Gasteiger partial charge in [0.1, 0.15) is 11.4 Å². The molecule has 2 saturated heterocycles. The van der Waals surface area contributed by atoms with E-state index >= 15 is 0 Å². The lowest BCUT2D eigenvalue weighted by Crippen LogP contribution is -2.58. The van der Waals surface area contributed by atoms with E-state index < -0.39 is 11.4 Å². The third kappa shape index (κ3) is 3.99. The third-order valence-electron chi connectivity index (χ3n) is 7.03. The lowest BCUT2D eigenvalue weighted by Gasteiger charge is -2.45. The molecule has 0 radical (unpaired) electrons. The van der Waals surface area contributed by atoms with E-state index in [-0.39, 0.29) is 24.1 Å². The van der Waals surface area contributed by atoms with Gasteiger partial charge in [-0.25, -0.2) is 4.39 Å². The topological polar surface area (TPSA) is 87.5 Å². The largest absolute Gasteiger partial charge is 0.384 e. The van der Waals surface area contributed by atoms with E-state index in [9.17, 15) is 14.0 Å². The summed E-state index contributed by atoms with van der Waals surface area (Å²) in [4.78, 5) is 26.7. The van der Waals surface area contributed by atoms with E-state index in [1.54, 1.807) is 12.1 Å². The average molecular weight is 427 g/mol. The van der Waals surface area contributed by atoms with Crippen LogP contribution in [0.4, 0.5) is 4.39 Å². The molecular weight excluding hydrogens is 395 g/mol. The van der Waals surface area contributed by atoms with Gasteiger partial charge in [-0.2, -0.15) is 0 Å². The molecule has 31 heavy (non-hydrogen) atoms. The number of piperidine rings is 1. The molecule has 4 rings (SSSR count). The van der Waals surface area contributed by atoms with Gasteiger partial charge in [0.05, 0.1) is 5.70 Å². The van der Waals surface area contributed by atoms with Crippen LogP contribution in [0.25, 0.3) is 0 Å². The average Bonchev–Trinajstić information content (AvgIpc) is 3.00. The summed E-state index contributed by atoms with van der Waals surface area (Å²) in [7, 11) is 0. The van der Waals surface area contributed by atoms with Gasteiger partial charge in [0.25, 0.3) is 0 Å². The van der Waals surface area contributed by atoms with E-state index in [2.05, 4.69) is 15.5 Å². The summed E-state index contributed by atoms with van der Waals surface area (Å²) >= 11 is 0. The van der Waals surface area contributed by atoms with E-state index in [1.807, 2.05) is 26.0 Å². The lowest BCUT2D eigenvalue weighted by atomic mass is 9.77. The number of nitrogens with zero attached hydrogens (tertiary/aromatic N) is 1. The smallest absolute Gasteiger partial charge is 0.248 e. The number of likely N-dealkylation sites (N-methyl/N-ethyl adjacent to an activating group) is 1. The minimum Gasteiger partial charge on any atom is -0.384 e. The molecule has 2 aliphatic heterocycles. The monoisotopic (exact) mass is 426 g/mol. The predicted molar refractivity (Wildman–Crippen MR) is 118 cm³/mol. The number of primary amides is 1. The van der Waals surface area contributed by atoms with Crippen LogP contribution < -0.4 is 16.4 Å². The van der Waals surface area contributed by atoms with Crippen molar-refractivity contribution in [2.24, 2.45) is 17.6 Å². The summed E-state index contributed by atoms with van der Waals surface area (Å²) in [5.41, 5.74) is 7.74. The van der Waals surface area contributed by atoms with E-state index in [0.29, 0.717) is 23.7 Å². The van der Waals surface area contributed by atoms with Crippen LogP contribution in [0.15, 0.2) is 47.6 Å². The number of halogens is 1. The number of benzene rings is 1. The van der Waals surface area contributed by atoms with Crippen molar-refractivity contribution in [3.05, 3.63) is 58.7 Å². The first-order chi connectivity index (χ1) is 14.8. The highest BCUT2D eigenvalue weighted by molar-refractivity contribution is 5.93. The van der Waals surface area contributed by atoms with Gasteiger partial charge in [-0.15, -0.1) is 0 Å². The number of likely N-dealkylation sites (tertiary alicyclic amines) is 1. The Morgan fingerprint density at radius 1 is 1.35 bits per heavy atom. The van der Waals surface area contributed by atoms with Gasteiger partial charge in [-0.05, 0) is 69.3 Å². The molecule has 1 aliphatic carbocycles. The van der Waals surface area contributed by atoms with Crippen LogP contribution >= 0.6 is 0 Å². The van der Waals surface area contributed by atoms with Crippen molar-refractivity contribution in [2.45, 2.75) is 45.1 Å². The number of hydrogen-bond acceptors (Lipinski definition) is 4. The molecule has 7 heteroatoms. The van der Waals surface area contributed by atoms with Gasteiger partial charge in [0.2, 0.25) is 11.8 Å². The minimum absolute atomic E-state index is 0.0440. The molecule has 3 aliphatic rings. The molecule has 1 aromatic carbocycles. The molecule has 3 atom stereocenters. The van der Waals surface area contributed by atoms with Crippen LogP contribution in [-0.4, -0.2) is 41.9 Å². The van der Waals surface area contributed by atoms with Crippen LogP contribution in [0.3, 0.4) is 0 Å². The summed E-state index contributed by atoms with van der Waals surface area (Å²) in [6.07, 6.45) is 4.70. The Balaban J connectivity index is 1.52. The maximum absolute atomic E-state index is 14.5. The summed E-state index contributed by atoms with van der Waals surface area (Å²) < 4.78 is 14.5. The van der Waals surface area contributed by atoms with Crippen LogP contribution in [0.5, 0.6) is 0 Å². The molecule has 0 bridgehead atoms. The van der Waals surface area contributed by atoms with Gasteiger partial charge in [-0.3, -0.25) is 14.5 Å². The number of nitrogens with two attached hydrogens (primary N) is 1. The fourth-order valence-corrected chi connectivity index (χ4v) is 5.31. The maximum atomic E-state index is 14.5. The Hall–Kier alpha value is -2.67. The fraction of sp³-hybridized carbons (Fsp3) is 0.500. The molecule has 2 unspecified atom stereocenters. The molecular formula is C24H31FN4O2. The number of fused-ring (bicyclic) bond motifs is 1. The number of carbonyl (C=O) groups is 2.